The molecule has 0 saturated heterocycles. The lowest BCUT2D eigenvalue weighted by Crippen LogP contribution is -2.28. The second kappa shape index (κ2) is 8.92. The van der Waals surface area contributed by atoms with Crippen molar-refractivity contribution >= 4 is 29.1 Å². The van der Waals surface area contributed by atoms with E-state index in [1.54, 1.807) is 12.3 Å². The number of pyridine rings is 1. The summed E-state index contributed by atoms with van der Waals surface area (Å²) < 4.78 is 0. The van der Waals surface area contributed by atoms with Gasteiger partial charge in [-0.25, -0.2) is 0 Å². The van der Waals surface area contributed by atoms with Gasteiger partial charge in [0.1, 0.15) is 11.7 Å². The first-order valence-electron chi connectivity index (χ1n) is 9.88. The van der Waals surface area contributed by atoms with E-state index in [1.165, 1.54) is 0 Å². The number of aromatic nitrogens is 1. The monoisotopic (exact) mass is 424 g/mol. The van der Waals surface area contributed by atoms with Gasteiger partial charge in [-0.05, 0) is 61.7 Å². The van der Waals surface area contributed by atoms with Gasteiger partial charge in [0.05, 0.1) is 10.7 Å². The van der Waals surface area contributed by atoms with Crippen molar-refractivity contribution < 1.29 is 14.4 Å². The van der Waals surface area contributed by atoms with E-state index >= 15 is 0 Å². The number of ketones is 2. The summed E-state index contributed by atoms with van der Waals surface area (Å²) >= 11 is 5.92. The highest BCUT2D eigenvalue weighted by molar-refractivity contribution is 6.30. The molecule has 30 heavy (non-hydrogen) atoms. The van der Waals surface area contributed by atoms with Crippen LogP contribution in [0.25, 0.3) is 11.3 Å². The fraction of sp³-hybridized carbons (Fsp3) is 0.333. The van der Waals surface area contributed by atoms with E-state index in [0.717, 1.165) is 33.5 Å². The van der Waals surface area contributed by atoms with Gasteiger partial charge in [-0.15, -0.1) is 0 Å². The van der Waals surface area contributed by atoms with Gasteiger partial charge in [0.15, 0.2) is 5.78 Å². The number of Topliss-reactive ketones (excluding diaryl/α,β-unsaturated/α-hetero) is 2. The van der Waals surface area contributed by atoms with E-state index in [9.17, 15) is 14.4 Å². The number of benzene rings is 1. The first kappa shape index (κ1) is 21.9. The molecular weight excluding hydrogens is 400 g/mol. The number of amides is 1. The Morgan fingerprint density at radius 1 is 1.23 bits per heavy atom. The first-order valence-corrected chi connectivity index (χ1v) is 10.3. The largest absolute Gasteiger partial charge is 0.352 e. The number of nitrogens with one attached hydrogen (secondary N) is 1. The molecule has 6 heteroatoms. The predicted molar refractivity (Wildman–Crippen MR) is 117 cm³/mol. The van der Waals surface area contributed by atoms with E-state index in [-0.39, 0.29) is 30.3 Å². The molecule has 1 aliphatic rings. The average Bonchev–Trinajstić information content (AvgIpc) is 2.94. The Kier molecular flexibility index (Phi) is 6.52. The van der Waals surface area contributed by atoms with Crippen molar-refractivity contribution in [2.45, 2.75) is 39.5 Å². The van der Waals surface area contributed by atoms with E-state index in [1.807, 2.05) is 39.0 Å². The first-order chi connectivity index (χ1) is 14.2. The zero-order valence-electron chi connectivity index (χ0n) is 17.4. The normalized spacial score (nSPS) is 18.5. The molecular formula is C24H25ClN2O3. The van der Waals surface area contributed by atoms with Crippen LogP contribution in [0.5, 0.6) is 0 Å². The van der Waals surface area contributed by atoms with Crippen molar-refractivity contribution in [3.05, 3.63) is 64.3 Å². The lowest BCUT2D eigenvalue weighted by Gasteiger charge is -2.17. The van der Waals surface area contributed by atoms with Crippen molar-refractivity contribution in [2.75, 3.05) is 6.54 Å². The summed E-state index contributed by atoms with van der Waals surface area (Å²) in [4.78, 5) is 42.3. The average molecular weight is 425 g/mol. The Balaban J connectivity index is 1.83. The van der Waals surface area contributed by atoms with E-state index in [2.05, 4.69) is 16.9 Å². The summed E-state index contributed by atoms with van der Waals surface area (Å²) in [5.74, 6) is -1.92. The molecule has 1 amide bonds. The number of hydrogen-bond acceptors (Lipinski definition) is 4. The fourth-order valence-electron chi connectivity index (χ4n) is 4.00. The molecule has 1 fully saturated rings. The van der Waals surface area contributed by atoms with Crippen LogP contribution in [0.2, 0.25) is 5.02 Å². The minimum atomic E-state index is -0.809. The van der Waals surface area contributed by atoms with Gasteiger partial charge in [-0.2, -0.15) is 0 Å². The van der Waals surface area contributed by atoms with Crippen molar-refractivity contribution in [3.63, 3.8) is 0 Å². The van der Waals surface area contributed by atoms with Crippen molar-refractivity contribution in [1.82, 2.24) is 10.3 Å². The molecule has 0 radical (unpaired) electrons. The molecule has 2 atom stereocenters. The maximum atomic E-state index is 13.0. The molecule has 156 valence electrons. The second-order valence-electron chi connectivity index (χ2n) is 8.03. The van der Waals surface area contributed by atoms with Crippen molar-refractivity contribution in [2.24, 2.45) is 5.92 Å². The Bertz CT molecular complexity index is 1000. The molecule has 3 rings (SSSR count). The topological polar surface area (TPSA) is 76.1 Å². The summed E-state index contributed by atoms with van der Waals surface area (Å²) in [5.41, 5.74) is 4.97. The van der Waals surface area contributed by atoms with Crippen molar-refractivity contribution in [3.8, 4) is 11.3 Å². The second-order valence-corrected chi connectivity index (χ2v) is 8.46. The SMILES string of the molecule is C=C(C)CNC(=O)CC1CC(=O)C(c2c(C)cc(-c3ccc(Cl)cn3)cc2C)C1=O. The summed E-state index contributed by atoms with van der Waals surface area (Å²) in [6.07, 6.45) is 1.71. The van der Waals surface area contributed by atoms with E-state index < -0.39 is 11.8 Å². The zero-order chi connectivity index (χ0) is 22.0. The Labute approximate surface area is 181 Å². The summed E-state index contributed by atoms with van der Waals surface area (Å²) in [6.45, 7) is 9.72. The summed E-state index contributed by atoms with van der Waals surface area (Å²) in [5, 5.41) is 3.29. The highest BCUT2D eigenvalue weighted by atomic mass is 35.5. The van der Waals surface area contributed by atoms with Crippen LogP contribution < -0.4 is 5.32 Å². The molecule has 0 spiro atoms. The summed E-state index contributed by atoms with van der Waals surface area (Å²) in [7, 11) is 0. The molecule has 1 N–H and O–H groups in total. The molecule has 1 aromatic carbocycles. The third-order valence-corrected chi connectivity index (χ3v) is 5.60. The van der Waals surface area contributed by atoms with Gasteiger partial charge >= 0.3 is 0 Å². The van der Waals surface area contributed by atoms with Gasteiger partial charge < -0.3 is 5.32 Å². The number of halogens is 1. The smallest absolute Gasteiger partial charge is 0.220 e. The van der Waals surface area contributed by atoms with Crippen LogP contribution in [0.15, 0.2) is 42.6 Å². The molecule has 1 heterocycles. The van der Waals surface area contributed by atoms with Gasteiger partial charge in [0, 0.05) is 37.1 Å². The van der Waals surface area contributed by atoms with Crippen LogP contribution in [-0.4, -0.2) is 29.0 Å². The molecule has 0 bridgehead atoms. The van der Waals surface area contributed by atoms with E-state index in [4.69, 9.17) is 11.6 Å². The van der Waals surface area contributed by atoms with Crippen LogP contribution in [0, 0.1) is 19.8 Å². The number of carbonyl (C=O) groups excluding carboxylic acids is 3. The molecule has 1 aliphatic carbocycles. The third-order valence-electron chi connectivity index (χ3n) is 5.38. The number of hydrogen-bond donors (Lipinski definition) is 1. The maximum absolute atomic E-state index is 13.0. The quantitative estimate of drug-likeness (QED) is 0.552. The molecule has 2 aromatic rings. The Morgan fingerprint density at radius 2 is 1.90 bits per heavy atom. The minimum Gasteiger partial charge on any atom is -0.352 e. The lowest BCUT2D eigenvalue weighted by molar-refractivity contribution is -0.128. The van der Waals surface area contributed by atoms with Crippen LogP contribution in [0.1, 0.15) is 42.4 Å². The number of nitrogens with zero attached hydrogens (tertiary/aromatic N) is 1. The Morgan fingerprint density at radius 3 is 2.47 bits per heavy atom. The molecule has 1 saturated carbocycles. The highest BCUT2D eigenvalue weighted by Crippen LogP contribution is 2.38. The van der Waals surface area contributed by atoms with Gasteiger partial charge in [-0.1, -0.05) is 23.8 Å². The lowest BCUT2D eigenvalue weighted by atomic mass is 9.85. The maximum Gasteiger partial charge on any atom is 0.220 e. The van der Waals surface area contributed by atoms with Gasteiger partial charge in [0.25, 0.3) is 0 Å². The standard InChI is InChI=1S/C24H25ClN2O3/c1-13(2)11-27-21(29)10-17-9-20(28)23(24(17)30)22-14(3)7-16(8-15(22)4)19-6-5-18(25)12-26-19/h5-8,12,17,23H,1,9-11H2,2-4H3,(H,27,29). The number of aryl methyl sites for hydroxylation is 2. The molecule has 1 aromatic heterocycles. The highest BCUT2D eigenvalue weighted by Gasteiger charge is 2.43. The fourth-order valence-corrected chi connectivity index (χ4v) is 4.11. The zero-order valence-corrected chi connectivity index (χ0v) is 18.2. The number of rotatable bonds is 6. The third kappa shape index (κ3) is 4.68. The molecule has 2 unspecified atom stereocenters. The van der Waals surface area contributed by atoms with E-state index in [0.29, 0.717) is 11.6 Å². The van der Waals surface area contributed by atoms with Crippen LogP contribution in [0.3, 0.4) is 0 Å². The van der Waals surface area contributed by atoms with Crippen LogP contribution >= 0.6 is 11.6 Å². The minimum absolute atomic E-state index is 0.0270. The summed E-state index contributed by atoms with van der Waals surface area (Å²) in [6, 6.07) is 7.48. The number of carbonyl (C=O) groups is 3. The van der Waals surface area contributed by atoms with Crippen LogP contribution in [-0.2, 0) is 14.4 Å². The predicted octanol–water partition coefficient (Wildman–Crippen LogP) is 4.34. The Hall–Kier alpha value is -2.79. The molecule has 5 nitrogen and oxygen atoms in total. The van der Waals surface area contributed by atoms with Gasteiger partial charge in [0.2, 0.25) is 5.91 Å². The molecule has 0 aliphatic heterocycles. The van der Waals surface area contributed by atoms with Gasteiger partial charge in [-0.3, -0.25) is 19.4 Å². The van der Waals surface area contributed by atoms with Crippen LogP contribution in [0.4, 0.5) is 0 Å². The van der Waals surface area contributed by atoms with Crippen molar-refractivity contribution in [1.29, 1.82) is 0 Å².